The number of nitrogens with one attached hydrogen (secondary N) is 1. The van der Waals surface area contributed by atoms with Crippen LogP contribution in [-0.4, -0.2) is 24.1 Å². The van der Waals surface area contributed by atoms with Crippen LogP contribution in [0.25, 0.3) is 0 Å². The second-order valence-corrected chi connectivity index (χ2v) is 7.19. The van der Waals surface area contributed by atoms with E-state index in [0.717, 1.165) is 23.0 Å². The fourth-order valence-electron chi connectivity index (χ4n) is 2.85. The maximum absolute atomic E-state index is 13.4. The fraction of sp³-hybridized carbons (Fsp3) is 0.647. The van der Waals surface area contributed by atoms with Gasteiger partial charge in [0.2, 0.25) is 0 Å². The highest BCUT2D eigenvalue weighted by atomic mass is 32.2. The van der Waals surface area contributed by atoms with E-state index in [2.05, 4.69) is 24.0 Å². The van der Waals surface area contributed by atoms with Crippen molar-refractivity contribution in [2.45, 2.75) is 56.7 Å². The Hall–Kier alpha value is -0.540. The zero-order chi connectivity index (χ0) is 14.4. The molecular weight excluding hydrogens is 269 g/mol. The molecule has 1 aliphatic rings. The minimum absolute atomic E-state index is 0.125. The third-order valence-corrected chi connectivity index (χ3v) is 5.81. The molecule has 1 atom stereocenters. The summed E-state index contributed by atoms with van der Waals surface area (Å²) >= 11 is 2.10. The van der Waals surface area contributed by atoms with Crippen LogP contribution < -0.4 is 5.32 Å². The highest BCUT2D eigenvalue weighted by Crippen LogP contribution is 2.29. The van der Waals surface area contributed by atoms with E-state index in [1.807, 2.05) is 13.1 Å². The monoisotopic (exact) mass is 295 g/mol. The fourth-order valence-corrected chi connectivity index (χ4v) is 4.31. The van der Waals surface area contributed by atoms with Gasteiger partial charge < -0.3 is 5.32 Å². The highest BCUT2D eigenvalue weighted by Gasteiger charge is 2.16. The lowest BCUT2D eigenvalue weighted by atomic mass is 10.0. The van der Waals surface area contributed by atoms with Crippen LogP contribution in [-0.2, 0) is 6.42 Å². The Morgan fingerprint density at radius 2 is 2.05 bits per heavy atom. The van der Waals surface area contributed by atoms with Crippen LogP contribution >= 0.6 is 11.8 Å². The number of halogens is 1. The molecule has 1 aromatic carbocycles. The van der Waals surface area contributed by atoms with Gasteiger partial charge in [-0.2, -0.15) is 11.8 Å². The van der Waals surface area contributed by atoms with Crippen molar-refractivity contribution in [3.05, 3.63) is 35.1 Å². The summed E-state index contributed by atoms with van der Waals surface area (Å²) in [6.45, 7) is 2.07. The van der Waals surface area contributed by atoms with Crippen LogP contribution in [0.15, 0.2) is 18.2 Å². The molecule has 0 spiro atoms. The summed E-state index contributed by atoms with van der Waals surface area (Å²) in [6, 6.07) is 5.54. The summed E-state index contributed by atoms with van der Waals surface area (Å²) in [5.74, 6) is 0.998. The Morgan fingerprint density at radius 1 is 1.30 bits per heavy atom. The first kappa shape index (κ1) is 15.8. The van der Waals surface area contributed by atoms with E-state index in [0.29, 0.717) is 6.04 Å². The Bertz CT molecular complexity index is 415. The molecule has 1 unspecified atom stereocenters. The van der Waals surface area contributed by atoms with Gasteiger partial charge in [-0.15, -0.1) is 0 Å². The molecule has 1 N–H and O–H groups in total. The van der Waals surface area contributed by atoms with Crippen molar-refractivity contribution in [3.63, 3.8) is 0 Å². The molecule has 0 aromatic heterocycles. The lowest BCUT2D eigenvalue weighted by Crippen LogP contribution is -2.31. The number of aryl methyl sites for hydroxylation is 1. The number of benzene rings is 1. The van der Waals surface area contributed by atoms with Crippen molar-refractivity contribution < 1.29 is 4.39 Å². The minimum atomic E-state index is -0.125. The van der Waals surface area contributed by atoms with E-state index in [1.165, 1.54) is 37.7 Å². The van der Waals surface area contributed by atoms with Gasteiger partial charge in [0.1, 0.15) is 5.82 Å². The van der Waals surface area contributed by atoms with Crippen molar-refractivity contribution >= 4 is 11.8 Å². The molecule has 0 bridgehead atoms. The van der Waals surface area contributed by atoms with E-state index < -0.39 is 0 Å². The maximum Gasteiger partial charge on any atom is 0.123 e. The van der Waals surface area contributed by atoms with Crippen LogP contribution in [0.4, 0.5) is 4.39 Å². The molecule has 0 amide bonds. The van der Waals surface area contributed by atoms with Crippen LogP contribution in [0.5, 0.6) is 0 Å². The first-order chi connectivity index (χ1) is 9.69. The Morgan fingerprint density at radius 3 is 2.75 bits per heavy atom. The van der Waals surface area contributed by atoms with E-state index in [4.69, 9.17) is 0 Å². The van der Waals surface area contributed by atoms with Gasteiger partial charge >= 0.3 is 0 Å². The smallest absolute Gasteiger partial charge is 0.123 e. The van der Waals surface area contributed by atoms with Gasteiger partial charge in [0.25, 0.3) is 0 Å². The van der Waals surface area contributed by atoms with Crippen molar-refractivity contribution in [2.24, 2.45) is 0 Å². The third-order valence-electron chi connectivity index (χ3n) is 4.27. The summed E-state index contributed by atoms with van der Waals surface area (Å²) < 4.78 is 13.4. The summed E-state index contributed by atoms with van der Waals surface area (Å²) in [4.78, 5) is 0. The SMILES string of the molecule is CNC(CSC1CCCCC1)Cc1cc(F)ccc1C. The number of hydrogen-bond acceptors (Lipinski definition) is 2. The van der Waals surface area contributed by atoms with Gasteiger partial charge in [0.15, 0.2) is 0 Å². The van der Waals surface area contributed by atoms with Crippen LogP contribution in [0, 0.1) is 12.7 Å². The zero-order valence-electron chi connectivity index (χ0n) is 12.6. The quantitative estimate of drug-likeness (QED) is 0.838. The summed E-state index contributed by atoms with van der Waals surface area (Å²) in [5, 5.41) is 4.23. The van der Waals surface area contributed by atoms with Crippen molar-refractivity contribution in [1.29, 1.82) is 0 Å². The van der Waals surface area contributed by atoms with Gasteiger partial charge in [-0.05, 0) is 56.5 Å². The topological polar surface area (TPSA) is 12.0 Å². The molecule has 0 heterocycles. The van der Waals surface area contributed by atoms with E-state index in [-0.39, 0.29) is 5.82 Å². The molecule has 1 fully saturated rings. The van der Waals surface area contributed by atoms with Crippen LogP contribution in [0.3, 0.4) is 0 Å². The first-order valence-corrected chi connectivity index (χ1v) is 8.78. The van der Waals surface area contributed by atoms with Crippen LogP contribution in [0.2, 0.25) is 0 Å². The van der Waals surface area contributed by atoms with Crippen molar-refractivity contribution in [1.82, 2.24) is 5.32 Å². The van der Waals surface area contributed by atoms with Crippen molar-refractivity contribution in [3.8, 4) is 0 Å². The summed E-state index contributed by atoms with van der Waals surface area (Å²) in [6.07, 6.45) is 7.87. The molecule has 0 radical (unpaired) electrons. The van der Waals surface area contributed by atoms with E-state index in [9.17, 15) is 4.39 Å². The number of hydrogen-bond donors (Lipinski definition) is 1. The molecule has 1 aromatic rings. The number of thioether (sulfide) groups is 1. The molecular formula is C17H26FNS. The Labute approximate surface area is 126 Å². The lowest BCUT2D eigenvalue weighted by molar-refractivity contribution is 0.514. The van der Waals surface area contributed by atoms with Gasteiger partial charge in [-0.25, -0.2) is 4.39 Å². The molecule has 3 heteroatoms. The second-order valence-electron chi connectivity index (χ2n) is 5.85. The normalized spacial score (nSPS) is 18.1. The predicted octanol–water partition coefficient (Wildman–Crippen LogP) is 4.33. The predicted molar refractivity (Wildman–Crippen MR) is 87.0 cm³/mol. The van der Waals surface area contributed by atoms with Gasteiger partial charge in [-0.1, -0.05) is 25.3 Å². The lowest BCUT2D eigenvalue weighted by Gasteiger charge is -2.24. The Balaban J connectivity index is 1.86. The summed E-state index contributed by atoms with van der Waals surface area (Å²) in [5.41, 5.74) is 2.32. The van der Waals surface area contributed by atoms with E-state index >= 15 is 0 Å². The summed E-state index contributed by atoms with van der Waals surface area (Å²) in [7, 11) is 2.01. The molecule has 20 heavy (non-hydrogen) atoms. The van der Waals surface area contributed by atoms with Crippen molar-refractivity contribution in [2.75, 3.05) is 12.8 Å². The average molecular weight is 295 g/mol. The van der Waals surface area contributed by atoms with Crippen LogP contribution in [0.1, 0.15) is 43.2 Å². The first-order valence-electron chi connectivity index (χ1n) is 7.73. The van der Waals surface area contributed by atoms with Gasteiger partial charge in [-0.3, -0.25) is 0 Å². The molecule has 2 rings (SSSR count). The van der Waals surface area contributed by atoms with Gasteiger partial charge in [0.05, 0.1) is 0 Å². The standard InChI is InChI=1S/C17H26FNS/c1-13-8-9-15(18)10-14(13)11-16(19-2)12-20-17-6-4-3-5-7-17/h8-10,16-17,19H,3-7,11-12H2,1-2H3. The maximum atomic E-state index is 13.4. The second kappa shape index (κ2) is 8.04. The minimum Gasteiger partial charge on any atom is -0.316 e. The Kier molecular flexibility index (Phi) is 6.37. The third kappa shape index (κ3) is 4.78. The molecule has 1 aliphatic carbocycles. The zero-order valence-corrected chi connectivity index (χ0v) is 13.4. The average Bonchev–Trinajstić information content (AvgIpc) is 2.48. The molecule has 1 saturated carbocycles. The molecule has 0 saturated heterocycles. The largest absolute Gasteiger partial charge is 0.316 e. The highest BCUT2D eigenvalue weighted by molar-refractivity contribution is 7.99. The molecule has 112 valence electrons. The van der Waals surface area contributed by atoms with E-state index in [1.54, 1.807) is 12.1 Å². The number of likely N-dealkylation sites (N-methyl/N-ethyl adjacent to an activating group) is 1. The molecule has 0 aliphatic heterocycles. The van der Waals surface area contributed by atoms with Gasteiger partial charge in [0, 0.05) is 17.0 Å². The molecule has 1 nitrogen and oxygen atoms in total. The number of rotatable bonds is 6.